The molecule has 2 aromatic rings. The molecule has 0 aliphatic carbocycles. The van der Waals surface area contributed by atoms with Gasteiger partial charge < -0.3 is 69.8 Å². The fourth-order valence-corrected chi connectivity index (χ4v) is 21.2. The predicted octanol–water partition coefficient (Wildman–Crippen LogP) is 6.81. The molecule has 3 fully saturated rings. The van der Waals surface area contributed by atoms with Crippen molar-refractivity contribution in [2.45, 2.75) is 199 Å². The van der Waals surface area contributed by atoms with Crippen LogP contribution in [0.3, 0.4) is 0 Å². The molecule has 76 heavy (non-hydrogen) atoms. The number of hydrogen-bond acceptors (Lipinski definition) is 21. The van der Waals surface area contributed by atoms with Crippen LogP contribution in [0.2, 0.25) is 22.2 Å². The summed E-state index contributed by atoms with van der Waals surface area (Å²) in [7, 11) is -3.97. The molecule has 0 N–H and O–H groups in total. The van der Waals surface area contributed by atoms with Crippen molar-refractivity contribution in [2.75, 3.05) is 27.4 Å². The molecular formula is C53H78O21Si2. The molecule has 5 rings (SSSR count). The van der Waals surface area contributed by atoms with Gasteiger partial charge in [-0.05, 0) is 45.4 Å². The van der Waals surface area contributed by atoms with Crippen LogP contribution in [0, 0.1) is 0 Å². The molecule has 424 valence electrons. The topological polar surface area (TPSA) is 241 Å². The van der Waals surface area contributed by atoms with Crippen LogP contribution in [0.1, 0.15) is 108 Å². The summed E-state index contributed by atoms with van der Waals surface area (Å²) in [6.45, 7) is 20.9. The molecule has 3 aliphatic rings. The Morgan fingerprint density at radius 3 is 1.75 bits per heavy atom. The van der Waals surface area contributed by atoms with Crippen molar-refractivity contribution >= 4 is 52.9 Å². The molecule has 3 heterocycles. The highest BCUT2D eigenvalue weighted by molar-refractivity contribution is 6.84. The fourth-order valence-electron chi connectivity index (χ4n) is 10.0. The summed E-state index contributed by atoms with van der Waals surface area (Å²) in [6.07, 6.45) is -16.0. The largest absolute Gasteiger partial charge is 0.497 e. The van der Waals surface area contributed by atoms with Crippen molar-refractivity contribution in [1.29, 1.82) is 0 Å². The van der Waals surface area contributed by atoms with Crippen LogP contribution in [0.4, 0.5) is 0 Å². The van der Waals surface area contributed by atoms with E-state index in [-0.39, 0.29) is 42.0 Å². The third-order valence-corrected chi connectivity index (χ3v) is 23.8. The Labute approximate surface area is 447 Å². The summed E-state index contributed by atoms with van der Waals surface area (Å²) < 4.78 is 96.2. The SMILES string of the molecule is COC(=O)[C@]1(OCc2ccccc2)C[C@@H](OCc2ccc(OC)cc2)[C@@H](O[C@H]2O[C@H]([C@H](COC(C)=O)OC(C)=O)[C@@H](OC(C)=O)[C@H](OC(C)=O)[C@@H]2OC(C)=O)[C@@H]([C@H]2CO[Si](C(C)C)(C(C)C)O[Si](C(C)C)(C(C)C)O2)O1. The second-order valence-corrected chi connectivity index (χ2v) is 29.2. The zero-order valence-corrected chi connectivity index (χ0v) is 48.4. The fraction of sp³-hybridized carbons (Fsp3) is 0.660. The molecule has 3 saturated heterocycles. The molecule has 0 saturated carbocycles. The van der Waals surface area contributed by atoms with E-state index < -0.39 is 133 Å². The van der Waals surface area contributed by atoms with Crippen LogP contribution >= 0.6 is 0 Å². The molecule has 2 aromatic carbocycles. The molecule has 0 spiro atoms. The van der Waals surface area contributed by atoms with Gasteiger partial charge in [-0.3, -0.25) is 24.0 Å². The molecule has 0 unspecified atom stereocenters. The lowest BCUT2D eigenvalue weighted by Gasteiger charge is -2.51. The van der Waals surface area contributed by atoms with E-state index in [0.29, 0.717) is 16.9 Å². The van der Waals surface area contributed by atoms with Gasteiger partial charge in [0.25, 0.3) is 5.79 Å². The highest BCUT2D eigenvalue weighted by Crippen LogP contribution is 2.49. The van der Waals surface area contributed by atoms with E-state index in [0.717, 1.165) is 34.6 Å². The van der Waals surface area contributed by atoms with E-state index in [9.17, 15) is 28.8 Å². The highest BCUT2D eigenvalue weighted by Gasteiger charge is 2.65. The van der Waals surface area contributed by atoms with Crippen LogP contribution in [0.25, 0.3) is 0 Å². The molecule has 0 bridgehead atoms. The summed E-state index contributed by atoms with van der Waals surface area (Å²) in [4.78, 5) is 79.0. The Bertz CT molecular complexity index is 2240. The van der Waals surface area contributed by atoms with Crippen molar-refractivity contribution in [3.05, 3.63) is 65.7 Å². The van der Waals surface area contributed by atoms with Crippen molar-refractivity contribution in [2.24, 2.45) is 0 Å². The summed E-state index contributed by atoms with van der Waals surface area (Å²) >= 11 is 0. The second-order valence-electron chi connectivity index (χ2n) is 20.4. The molecule has 3 aliphatic heterocycles. The summed E-state index contributed by atoms with van der Waals surface area (Å²) in [5.74, 6) is -6.89. The Kier molecular flexibility index (Phi) is 22.2. The predicted molar refractivity (Wildman–Crippen MR) is 273 cm³/mol. The van der Waals surface area contributed by atoms with Gasteiger partial charge in [-0.15, -0.1) is 0 Å². The maximum Gasteiger partial charge on any atom is 0.366 e. The van der Waals surface area contributed by atoms with Gasteiger partial charge in [-0.2, -0.15) is 0 Å². The van der Waals surface area contributed by atoms with Gasteiger partial charge in [0.05, 0.1) is 46.2 Å². The number of esters is 6. The minimum Gasteiger partial charge on any atom is -0.497 e. The zero-order valence-electron chi connectivity index (χ0n) is 46.4. The van der Waals surface area contributed by atoms with Gasteiger partial charge in [0.2, 0.25) is 0 Å². The van der Waals surface area contributed by atoms with Crippen LogP contribution in [-0.2, 0) is 107 Å². The average molecular weight is 1110 g/mol. The molecular weight excluding hydrogens is 1030 g/mol. The van der Waals surface area contributed by atoms with E-state index >= 15 is 0 Å². The van der Waals surface area contributed by atoms with Gasteiger partial charge in [0.15, 0.2) is 30.7 Å². The average Bonchev–Trinajstić information content (AvgIpc) is 3.56. The quantitative estimate of drug-likeness (QED) is 0.0668. The zero-order chi connectivity index (χ0) is 56.3. The van der Waals surface area contributed by atoms with Crippen molar-refractivity contribution in [1.82, 2.24) is 0 Å². The molecule has 23 heteroatoms. The van der Waals surface area contributed by atoms with Gasteiger partial charge in [0, 0.05) is 41.0 Å². The first kappa shape index (κ1) is 62.0. The number of carbonyl (C=O) groups excluding carboxylic acids is 6. The second kappa shape index (κ2) is 27.2. The molecule has 0 radical (unpaired) electrons. The smallest absolute Gasteiger partial charge is 0.366 e. The summed E-state index contributed by atoms with van der Waals surface area (Å²) in [6, 6.07) is 16.2. The summed E-state index contributed by atoms with van der Waals surface area (Å²) in [5, 5.41) is 0. The molecule has 11 atom stereocenters. The lowest BCUT2D eigenvalue weighted by Crippen LogP contribution is -2.69. The van der Waals surface area contributed by atoms with E-state index in [1.165, 1.54) is 7.11 Å². The van der Waals surface area contributed by atoms with Gasteiger partial charge in [-0.1, -0.05) is 97.9 Å². The first-order valence-electron chi connectivity index (χ1n) is 25.6. The van der Waals surface area contributed by atoms with Crippen molar-refractivity contribution in [3.63, 3.8) is 0 Å². The third-order valence-electron chi connectivity index (χ3n) is 13.5. The Hall–Kier alpha value is -4.83. The Balaban J connectivity index is 1.83. The monoisotopic (exact) mass is 1110 g/mol. The van der Waals surface area contributed by atoms with Crippen LogP contribution in [0.15, 0.2) is 54.6 Å². The maximum absolute atomic E-state index is 14.7. The van der Waals surface area contributed by atoms with E-state index in [1.807, 2.05) is 58.0 Å². The number of ether oxygens (including phenoxy) is 12. The Morgan fingerprint density at radius 2 is 1.22 bits per heavy atom. The molecule has 0 aromatic heterocycles. The first-order valence-corrected chi connectivity index (χ1v) is 29.6. The third kappa shape index (κ3) is 15.0. The lowest BCUT2D eigenvalue weighted by atomic mass is 9.91. The van der Waals surface area contributed by atoms with E-state index in [1.54, 1.807) is 31.4 Å². The van der Waals surface area contributed by atoms with E-state index in [4.69, 9.17) is 69.8 Å². The maximum atomic E-state index is 14.7. The number of hydrogen-bond donors (Lipinski definition) is 0. The summed E-state index contributed by atoms with van der Waals surface area (Å²) in [5.41, 5.74) is 0.869. The standard InChI is InChI=1S/C53H78O21Si2/c1-30(2)75(31(3)4)65-29-44(73-76(74-75,32(5)6)33(7)8)47-45(42(63-26-40-21-23-41(60-14)24-22-40)25-53(72-47,52(59)61-15)64-27-39-19-17-16-18-20-39)70-51-50(69-38(13)58)49(68-37(12)57)48(67-36(11)56)46(71-51)43(66-35(10)55)28-62-34(9)54/h16-24,30-33,42-51H,25-29H2,1-15H3/t42-,43+,44-,45-,46-,47-,48-,49+,50+,51+,53+/m1/s1. The van der Waals surface area contributed by atoms with E-state index in [2.05, 4.69) is 27.7 Å². The Morgan fingerprint density at radius 1 is 0.658 bits per heavy atom. The van der Waals surface area contributed by atoms with Crippen LogP contribution in [-0.4, -0.2) is 147 Å². The minimum atomic E-state index is -3.49. The minimum absolute atomic E-state index is 0.0694. The van der Waals surface area contributed by atoms with Gasteiger partial charge in [-0.25, -0.2) is 4.79 Å². The molecule has 0 amide bonds. The number of methoxy groups -OCH3 is 2. The highest BCUT2D eigenvalue weighted by atomic mass is 28.5. The van der Waals surface area contributed by atoms with Crippen molar-refractivity contribution < 1.29 is 98.6 Å². The van der Waals surface area contributed by atoms with Crippen LogP contribution in [0.5, 0.6) is 5.75 Å². The van der Waals surface area contributed by atoms with Crippen molar-refractivity contribution in [3.8, 4) is 5.75 Å². The van der Waals surface area contributed by atoms with Gasteiger partial charge in [0.1, 0.15) is 30.7 Å². The molecule has 21 nitrogen and oxygen atoms in total. The normalized spacial score (nSPS) is 27.7. The van der Waals surface area contributed by atoms with Crippen LogP contribution < -0.4 is 4.74 Å². The lowest BCUT2D eigenvalue weighted by molar-refractivity contribution is -0.374. The number of benzene rings is 2. The first-order chi connectivity index (χ1) is 35.8. The number of rotatable bonds is 22. The van der Waals surface area contributed by atoms with Gasteiger partial charge >= 0.3 is 52.9 Å². The number of carbonyl (C=O) groups is 6.